The lowest BCUT2D eigenvalue weighted by atomic mass is 9.55. The molecule has 0 radical (unpaired) electrons. The molecule has 0 aromatic heterocycles. The molecule has 0 spiro atoms. The second-order valence-corrected chi connectivity index (χ2v) is 20.3. The Morgan fingerprint density at radius 3 is 2.25 bits per heavy atom. The highest BCUT2D eigenvalue weighted by Crippen LogP contribution is 2.62. The van der Waals surface area contributed by atoms with Crippen molar-refractivity contribution in [3.63, 3.8) is 0 Å². The molecule has 1 saturated carbocycles. The third-order valence-corrected chi connectivity index (χ3v) is 13.6. The van der Waals surface area contributed by atoms with Gasteiger partial charge in [-0.15, -0.1) is 6.58 Å². The molecular formula is C56H85N3O9. The molecular weight excluding hydrogens is 859 g/mol. The van der Waals surface area contributed by atoms with Gasteiger partial charge >= 0.3 is 12.2 Å². The van der Waals surface area contributed by atoms with Gasteiger partial charge in [0.1, 0.15) is 24.1 Å². The number of amides is 2. The molecule has 6 atom stereocenters. The monoisotopic (exact) mass is 944 g/mol. The lowest BCUT2D eigenvalue weighted by Crippen LogP contribution is -2.70. The number of fused-ring (bicyclic) bond motifs is 2. The number of nitrogens with one attached hydrogen (secondary N) is 1. The van der Waals surface area contributed by atoms with Crippen molar-refractivity contribution < 1.29 is 43.6 Å². The SMILES string of the molecule is C=CCOC12Oc3ccc(OC(=O)NCCCCCCCCCCCC)cc3C3C(CCCCO)C(CCCCO)C=C(C(=NOCc4ccccc4)CC1N(CCC)C(=O)OCC(C)(C)C)C32. The van der Waals surface area contributed by atoms with Crippen molar-refractivity contribution in [1.82, 2.24) is 10.2 Å². The average Bonchev–Trinajstić information content (AvgIpc) is 3.32. The molecule has 2 aromatic rings. The first-order valence-corrected chi connectivity index (χ1v) is 26.1. The van der Waals surface area contributed by atoms with Crippen LogP contribution in [0.5, 0.6) is 11.5 Å². The van der Waals surface area contributed by atoms with Gasteiger partial charge in [-0.2, -0.15) is 0 Å². The summed E-state index contributed by atoms with van der Waals surface area (Å²) in [5.41, 5.74) is 3.22. The number of benzene rings is 2. The number of allylic oxidation sites excluding steroid dienone is 1. The van der Waals surface area contributed by atoms with Crippen LogP contribution >= 0.6 is 0 Å². The number of carbonyl (C=O) groups excluding carboxylic acids is 2. The van der Waals surface area contributed by atoms with Crippen LogP contribution in [0, 0.1) is 23.2 Å². The Morgan fingerprint density at radius 2 is 1.59 bits per heavy atom. The van der Waals surface area contributed by atoms with Crippen LogP contribution in [0.1, 0.15) is 167 Å². The molecule has 1 heterocycles. The lowest BCUT2D eigenvalue weighted by molar-refractivity contribution is -0.255. The molecule has 1 fully saturated rings. The third-order valence-electron chi connectivity index (χ3n) is 13.6. The summed E-state index contributed by atoms with van der Waals surface area (Å²) in [4.78, 5) is 35.9. The van der Waals surface area contributed by atoms with E-state index in [1.54, 1.807) is 17.0 Å². The van der Waals surface area contributed by atoms with Gasteiger partial charge in [-0.25, -0.2) is 9.59 Å². The Labute approximate surface area is 408 Å². The highest BCUT2D eigenvalue weighted by molar-refractivity contribution is 6.03. The predicted molar refractivity (Wildman–Crippen MR) is 270 cm³/mol. The van der Waals surface area contributed by atoms with Gasteiger partial charge in [-0.1, -0.05) is 153 Å². The molecule has 378 valence electrons. The molecule has 2 amide bonds. The molecule has 12 heteroatoms. The van der Waals surface area contributed by atoms with E-state index in [2.05, 4.69) is 24.9 Å². The number of rotatable bonds is 30. The number of unbranched alkanes of at least 4 members (excludes halogenated alkanes) is 11. The Hall–Kier alpha value is -4.39. The molecule has 12 nitrogen and oxygen atoms in total. The summed E-state index contributed by atoms with van der Waals surface area (Å²) in [5, 5.41) is 27.9. The molecule has 0 saturated heterocycles. The van der Waals surface area contributed by atoms with Crippen LogP contribution in [-0.4, -0.2) is 84.4 Å². The molecule has 3 N–H and O–H groups in total. The summed E-state index contributed by atoms with van der Waals surface area (Å²) >= 11 is 0. The molecule has 3 aliphatic rings. The van der Waals surface area contributed by atoms with Gasteiger partial charge < -0.3 is 39.3 Å². The summed E-state index contributed by atoms with van der Waals surface area (Å²) < 4.78 is 26.6. The van der Waals surface area contributed by atoms with E-state index < -0.39 is 29.9 Å². The van der Waals surface area contributed by atoms with Gasteiger partial charge in [0, 0.05) is 44.2 Å². The lowest BCUT2D eigenvalue weighted by Gasteiger charge is -2.60. The summed E-state index contributed by atoms with van der Waals surface area (Å²) in [6.07, 6.45) is 20.6. The zero-order valence-corrected chi connectivity index (χ0v) is 42.2. The van der Waals surface area contributed by atoms with Crippen molar-refractivity contribution in [2.75, 3.05) is 39.5 Å². The topological polar surface area (TPSA) is 148 Å². The van der Waals surface area contributed by atoms with Crippen molar-refractivity contribution in [2.45, 2.75) is 175 Å². The first kappa shape index (κ1) is 54.5. The standard InChI is InChI=1S/C56H85N3O9/c1-7-10-11-12-13-14-15-16-17-23-32-57-53(62)67-44-30-31-49-47(38-44)51-45(29-22-25-35-61)43(28-21-24-34-60)37-46-48(58-66-40-42-26-19-18-20-27-42)39-50(56(68-49,52(46)51)65-36-9-3)59(33-8-2)54(63)64-41-55(4,5)6/h9,18-20,26-27,30-31,37-38,43,45,50-52,60-61H,3,7-8,10-17,21-25,28-29,32-36,39-41H2,1-2,4-6H3,(H,57,62). The highest BCUT2D eigenvalue weighted by Gasteiger charge is 2.65. The van der Waals surface area contributed by atoms with Crippen LogP contribution in [0.2, 0.25) is 0 Å². The van der Waals surface area contributed by atoms with E-state index in [0.717, 1.165) is 61.6 Å². The smallest absolute Gasteiger partial charge is 0.412 e. The van der Waals surface area contributed by atoms with E-state index in [9.17, 15) is 19.8 Å². The number of aliphatic hydroxyl groups is 2. The minimum atomic E-state index is -1.42. The minimum absolute atomic E-state index is 0.0153. The largest absolute Gasteiger partial charge is 0.459 e. The van der Waals surface area contributed by atoms with Crippen molar-refractivity contribution in [2.24, 2.45) is 28.3 Å². The molecule has 5 rings (SSSR count). The zero-order chi connectivity index (χ0) is 48.8. The second-order valence-electron chi connectivity index (χ2n) is 20.3. The molecule has 6 unspecified atom stereocenters. The van der Waals surface area contributed by atoms with Crippen LogP contribution < -0.4 is 14.8 Å². The van der Waals surface area contributed by atoms with E-state index >= 15 is 0 Å². The van der Waals surface area contributed by atoms with E-state index in [4.69, 9.17) is 28.9 Å². The van der Waals surface area contributed by atoms with Gasteiger partial charge in [0.05, 0.1) is 24.8 Å². The maximum absolute atomic E-state index is 14.5. The van der Waals surface area contributed by atoms with Crippen LogP contribution in [0.15, 0.2) is 78.0 Å². The highest BCUT2D eigenvalue weighted by atomic mass is 16.7. The van der Waals surface area contributed by atoms with E-state index in [1.807, 2.05) is 70.2 Å². The summed E-state index contributed by atoms with van der Waals surface area (Å²) in [7, 11) is 0. The Morgan fingerprint density at radius 1 is 0.897 bits per heavy atom. The molecule has 1 aliphatic heterocycles. The number of nitrogens with zero attached hydrogens (tertiary/aromatic N) is 2. The molecule has 2 aromatic carbocycles. The van der Waals surface area contributed by atoms with Crippen LogP contribution in [0.4, 0.5) is 9.59 Å². The van der Waals surface area contributed by atoms with E-state index in [0.29, 0.717) is 49.6 Å². The maximum Gasteiger partial charge on any atom is 0.412 e. The van der Waals surface area contributed by atoms with Crippen molar-refractivity contribution >= 4 is 17.9 Å². The second kappa shape index (κ2) is 28.3. The number of aliphatic hydroxyl groups excluding tert-OH is 2. The Balaban J connectivity index is 1.57. The fourth-order valence-corrected chi connectivity index (χ4v) is 10.4. The first-order chi connectivity index (χ1) is 33.0. The number of hydrogen-bond donors (Lipinski definition) is 3. The fraction of sp³-hybridized carbons (Fsp3) is 0.661. The normalized spacial score (nSPS) is 22.3. The van der Waals surface area contributed by atoms with Crippen LogP contribution in [-0.2, 0) is 20.9 Å². The van der Waals surface area contributed by atoms with Crippen LogP contribution in [0.25, 0.3) is 0 Å². The van der Waals surface area contributed by atoms with Gasteiger partial charge in [-0.3, -0.25) is 4.90 Å². The number of carbonyl (C=O) groups is 2. The number of oxime groups is 1. The van der Waals surface area contributed by atoms with Gasteiger partial charge in [0.15, 0.2) is 0 Å². The first-order valence-electron chi connectivity index (χ1n) is 26.1. The van der Waals surface area contributed by atoms with Gasteiger partial charge in [0.2, 0.25) is 5.79 Å². The Kier molecular flexibility index (Phi) is 22.7. The predicted octanol–water partition coefficient (Wildman–Crippen LogP) is 12.4. The van der Waals surface area contributed by atoms with Crippen molar-refractivity contribution in [3.8, 4) is 11.5 Å². The third kappa shape index (κ3) is 15.6. The number of hydrogen-bond acceptors (Lipinski definition) is 10. The summed E-state index contributed by atoms with van der Waals surface area (Å²) in [6, 6.07) is 14.8. The summed E-state index contributed by atoms with van der Waals surface area (Å²) in [6.45, 7) is 16.2. The van der Waals surface area contributed by atoms with E-state index in [1.165, 1.54) is 44.9 Å². The molecule has 2 aliphatic carbocycles. The Bertz CT molecular complexity index is 1900. The van der Waals surface area contributed by atoms with Gasteiger partial charge in [-0.05, 0) is 85.1 Å². The number of ether oxygens (including phenoxy) is 4. The van der Waals surface area contributed by atoms with E-state index in [-0.39, 0.29) is 62.6 Å². The fourth-order valence-electron chi connectivity index (χ4n) is 10.4. The van der Waals surface area contributed by atoms with Crippen molar-refractivity contribution in [1.29, 1.82) is 0 Å². The summed E-state index contributed by atoms with van der Waals surface area (Å²) in [5.74, 6) is -1.14. The molecule has 68 heavy (non-hydrogen) atoms. The maximum atomic E-state index is 14.5. The van der Waals surface area contributed by atoms with Crippen molar-refractivity contribution in [3.05, 3.63) is 84.0 Å². The average molecular weight is 944 g/mol. The minimum Gasteiger partial charge on any atom is -0.459 e. The zero-order valence-electron chi connectivity index (χ0n) is 42.2. The van der Waals surface area contributed by atoms with Gasteiger partial charge in [0.25, 0.3) is 0 Å². The quantitative estimate of drug-likeness (QED) is 0.0395. The van der Waals surface area contributed by atoms with Crippen LogP contribution in [0.3, 0.4) is 0 Å². The molecule has 0 bridgehead atoms.